The van der Waals surface area contributed by atoms with Gasteiger partial charge in [-0.1, -0.05) is 71.2 Å². The Bertz CT molecular complexity index is 1090. The number of fused-ring (bicyclic) bond motifs is 1. The van der Waals surface area contributed by atoms with Crippen LogP contribution in [-0.2, 0) is 16.1 Å². The second-order valence-electron chi connectivity index (χ2n) is 10.3. The first kappa shape index (κ1) is 27.9. The number of rotatable bonds is 10. The normalized spacial score (nSPS) is 20.9. The highest BCUT2D eigenvalue weighted by molar-refractivity contribution is 9.10. The van der Waals surface area contributed by atoms with Crippen molar-refractivity contribution in [3.05, 3.63) is 75.1 Å². The number of nitrogens with one attached hydrogen (secondary N) is 1. The summed E-state index contributed by atoms with van der Waals surface area (Å²) in [4.78, 5) is 31.5. The Hall–Kier alpha value is -2.09. The summed E-state index contributed by atoms with van der Waals surface area (Å²) in [7, 11) is 0. The van der Waals surface area contributed by atoms with Gasteiger partial charge in [-0.3, -0.25) is 14.5 Å². The zero-order valence-corrected chi connectivity index (χ0v) is 24.3. The van der Waals surface area contributed by atoms with Crippen LogP contribution in [0.25, 0.3) is 6.08 Å². The van der Waals surface area contributed by atoms with E-state index in [0.717, 1.165) is 53.7 Å². The van der Waals surface area contributed by atoms with Gasteiger partial charge in [0.05, 0.1) is 4.91 Å². The first-order valence-electron chi connectivity index (χ1n) is 13.4. The number of hydrogen-bond donors (Lipinski definition) is 1. The summed E-state index contributed by atoms with van der Waals surface area (Å²) < 4.78 is 0.988. The molecular formula is C30H38BrN3O2S. The van der Waals surface area contributed by atoms with Crippen LogP contribution >= 0.6 is 27.7 Å². The molecule has 0 radical (unpaired) electrons. The average molecular weight is 585 g/mol. The number of halogens is 1. The van der Waals surface area contributed by atoms with Crippen molar-refractivity contribution in [1.82, 2.24) is 15.1 Å². The van der Waals surface area contributed by atoms with Crippen LogP contribution in [0.3, 0.4) is 0 Å². The Morgan fingerprint density at radius 2 is 1.95 bits per heavy atom. The van der Waals surface area contributed by atoms with E-state index in [4.69, 9.17) is 0 Å². The molecule has 2 aromatic carbocycles. The van der Waals surface area contributed by atoms with Gasteiger partial charge >= 0.3 is 0 Å². The van der Waals surface area contributed by atoms with Gasteiger partial charge in [-0.2, -0.15) is 0 Å². The molecule has 1 N–H and O–H groups in total. The number of thioether (sulfide) groups is 1. The highest BCUT2D eigenvalue weighted by Gasteiger charge is 2.41. The van der Waals surface area contributed by atoms with Crippen molar-refractivity contribution in [2.24, 2.45) is 0 Å². The first-order valence-corrected chi connectivity index (χ1v) is 15.1. The van der Waals surface area contributed by atoms with Crippen LogP contribution in [0.5, 0.6) is 0 Å². The van der Waals surface area contributed by atoms with Gasteiger partial charge < -0.3 is 10.2 Å². The molecule has 2 aromatic rings. The van der Waals surface area contributed by atoms with Crippen LogP contribution in [0.15, 0.2) is 64.0 Å². The lowest BCUT2D eigenvalue weighted by atomic mass is 9.93. The molecule has 198 valence electrons. The van der Waals surface area contributed by atoms with Gasteiger partial charge in [0, 0.05) is 41.4 Å². The molecule has 2 amide bonds. The van der Waals surface area contributed by atoms with Gasteiger partial charge in [-0.05, 0) is 62.4 Å². The third-order valence-corrected chi connectivity index (χ3v) is 9.07. The van der Waals surface area contributed by atoms with Gasteiger partial charge in [0.15, 0.2) is 0 Å². The summed E-state index contributed by atoms with van der Waals surface area (Å²) in [6, 6.07) is 19.0. The van der Waals surface area contributed by atoms with E-state index in [2.05, 4.69) is 64.3 Å². The van der Waals surface area contributed by atoms with Gasteiger partial charge in [-0.25, -0.2) is 0 Å². The number of amides is 2. The van der Waals surface area contributed by atoms with E-state index in [1.807, 2.05) is 41.3 Å². The second-order valence-corrected chi connectivity index (χ2v) is 12.5. The Labute approximate surface area is 234 Å². The maximum Gasteiger partial charge on any atom is 0.261 e. The number of nitrogens with zero attached hydrogens (tertiary/aromatic N) is 2. The highest BCUT2D eigenvalue weighted by atomic mass is 79.9. The lowest BCUT2D eigenvalue weighted by Gasteiger charge is -2.43. The van der Waals surface area contributed by atoms with Crippen molar-refractivity contribution in [1.29, 1.82) is 0 Å². The number of carbonyl (C=O) groups excluding carboxylic acids is 2. The smallest absolute Gasteiger partial charge is 0.261 e. The topological polar surface area (TPSA) is 52.7 Å². The quantitative estimate of drug-likeness (QED) is 0.271. The fourth-order valence-corrected chi connectivity index (χ4v) is 7.06. The summed E-state index contributed by atoms with van der Waals surface area (Å²) in [6.07, 6.45) is 7.21. The highest BCUT2D eigenvalue weighted by Crippen LogP contribution is 2.42. The third-order valence-electron chi connectivity index (χ3n) is 7.18. The Balaban J connectivity index is 1.33. The van der Waals surface area contributed by atoms with Crippen molar-refractivity contribution in [3.8, 4) is 0 Å². The maximum atomic E-state index is 13.5. The molecule has 7 heteroatoms. The molecule has 0 bridgehead atoms. The van der Waals surface area contributed by atoms with Crippen LogP contribution in [0, 0.1) is 0 Å². The molecule has 0 aromatic heterocycles. The van der Waals surface area contributed by atoms with Crippen molar-refractivity contribution in [3.63, 3.8) is 0 Å². The predicted octanol–water partition coefficient (Wildman–Crippen LogP) is 6.09. The van der Waals surface area contributed by atoms with E-state index in [0.29, 0.717) is 17.8 Å². The molecule has 2 unspecified atom stereocenters. The fraction of sp³-hybridized carbons (Fsp3) is 0.467. The van der Waals surface area contributed by atoms with E-state index >= 15 is 0 Å². The van der Waals surface area contributed by atoms with Crippen LogP contribution in [-0.4, -0.2) is 58.6 Å². The molecular weight excluding hydrogens is 546 g/mol. The first-order chi connectivity index (χ1) is 17.9. The average Bonchev–Trinajstić information content (AvgIpc) is 2.89. The van der Waals surface area contributed by atoms with Crippen LogP contribution in [0.2, 0.25) is 0 Å². The van der Waals surface area contributed by atoms with Gasteiger partial charge in [-0.15, -0.1) is 11.8 Å². The second kappa shape index (κ2) is 13.6. The molecule has 2 atom stereocenters. The van der Waals surface area contributed by atoms with Crippen molar-refractivity contribution in [2.75, 3.05) is 19.6 Å². The van der Waals surface area contributed by atoms with Crippen molar-refractivity contribution in [2.45, 2.75) is 69.8 Å². The van der Waals surface area contributed by atoms with Crippen LogP contribution < -0.4 is 5.32 Å². The van der Waals surface area contributed by atoms with Crippen molar-refractivity contribution < 1.29 is 9.59 Å². The van der Waals surface area contributed by atoms with Gasteiger partial charge in [0.25, 0.3) is 5.91 Å². The fourth-order valence-electron chi connectivity index (χ4n) is 5.17. The minimum Gasteiger partial charge on any atom is -0.355 e. The minimum atomic E-state index is -0.0643. The molecule has 1 saturated carbocycles. The van der Waals surface area contributed by atoms with E-state index in [1.54, 1.807) is 11.8 Å². The number of carbonyl (C=O) groups is 2. The lowest BCUT2D eigenvalue weighted by Crippen LogP contribution is -2.54. The Morgan fingerprint density at radius 3 is 2.70 bits per heavy atom. The van der Waals surface area contributed by atoms with Crippen LogP contribution in [0.1, 0.15) is 57.1 Å². The molecule has 1 aliphatic heterocycles. The largest absolute Gasteiger partial charge is 0.355 e. The number of benzene rings is 2. The SMILES string of the molecule is CC(C)N(CCCNC(=O)CN1C(=O)/C(=C\c2cccc(Br)c2)SC2CCCCC21)Cc1ccccc1. The Kier molecular flexibility index (Phi) is 10.3. The predicted molar refractivity (Wildman–Crippen MR) is 157 cm³/mol. The standard InChI is InChI=1S/C30H38BrN3O2S/c1-22(2)33(20-23-10-4-3-5-11-23)17-9-16-32-29(35)21-34-26-14-6-7-15-27(26)37-28(30(34)36)19-24-12-8-13-25(31)18-24/h3-5,8,10-13,18-19,22,26-27H,6-7,9,14-17,20-21H2,1-2H3,(H,32,35)/b28-19+. The van der Waals surface area contributed by atoms with Gasteiger partial charge in [0.2, 0.25) is 5.91 Å². The van der Waals surface area contributed by atoms with E-state index in [-0.39, 0.29) is 24.4 Å². The zero-order valence-electron chi connectivity index (χ0n) is 21.9. The number of hydrogen-bond acceptors (Lipinski definition) is 4. The monoisotopic (exact) mass is 583 g/mol. The molecule has 0 spiro atoms. The van der Waals surface area contributed by atoms with E-state index < -0.39 is 0 Å². The van der Waals surface area contributed by atoms with E-state index in [9.17, 15) is 9.59 Å². The molecule has 5 nitrogen and oxygen atoms in total. The van der Waals surface area contributed by atoms with Gasteiger partial charge in [0.1, 0.15) is 6.54 Å². The molecule has 37 heavy (non-hydrogen) atoms. The summed E-state index contributed by atoms with van der Waals surface area (Å²) in [5.74, 6) is -0.0809. The molecule has 2 aliphatic rings. The summed E-state index contributed by atoms with van der Waals surface area (Å²) >= 11 is 5.22. The summed E-state index contributed by atoms with van der Waals surface area (Å²) in [5, 5.41) is 3.44. The van der Waals surface area contributed by atoms with Crippen molar-refractivity contribution >= 4 is 45.6 Å². The molecule has 1 saturated heterocycles. The maximum absolute atomic E-state index is 13.5. The third kappa shape index (κ3) is 7.95. The molecule has 4 rings (SSSR count). The zero-order chi connectivity index (χ0) is 26.2. The minimum absolute atomic E-state index is 0.0166. The molecule has 1 heterocycles. The molecule has 1 aliphatic carbocycles. The Morgan fingerprint density at radius 1 is 1.16 bits per heavy atom. The van der Waals surface area contributed by atoms with Crippen LogP contribution in [0.4, 0.5) is 0 Å². The molecule has 2 fully saturated rings. The van der Waals surface area contributed by atoms with E-state index in [1.165, 1.54) is 12.0 Å². The lowest BCUT2D eigenvalue weighted by molar-refractivity contribution is -0.135. The summed E-state index contributed by atoms with van der Waals surface area (Å²) in [5.41, 5.74) is 2.30. The summed E-state index contributed by atoms with van der Waals surface area (Å²) in [6.45, 7) is 6.98.